The maximum atomic E-state index is 13.9. The van der Waals surface area contributed by atoms with Gasteiger partial charge in [-0.15, -0.1) is 0 Å². The third-order valence-electron chi connectivity index (χ3n) is 4.03. The zero-order chi connectivity index (χ0) is 18.4. The van der Waals surface area contributed by atoms with Gasteiger partial charge in [-0.05, 0) is 26.8 Å². The summed E-state index contributed by atoms with van der Waals surface area (Å²) in [5, 5.41) is 2.64. The molecule has 2 aliphatic heterocycles. The highest BCUT2D eigenvalue weighted by molar-refractivity contribution is 6.30. The van der Waals surface area contributed by atoms with Gasteiger partial charge in [0.15, 0.2) is 0 Å². The van der Waals surface area contributed by atoms with Gasteiger partial charge in [-0.3, -0.25) is 9.69 Å². The van der Waals surface area contributed by atoms with E-state index in [2.05, 4.69) is 5.32 Å². The first-order chi connectivity index (χ1) is 11.7. The molecule has 2 amide bonds. The minimum Gasteiger partial charge on any atom is -0.444 e. The number of fused-ring (bicyclic) bond motifs is 1. The molecule has 0 aromatic heterocycles. The van der Waals surface area contributed by atoms with Crippen LogP contribution in [0.5, 0.6) is 0 Å². The van der Waals surface area contributed by atoms with Crippen LogP contribution in [0.4, 0.5) is 9.18 Å². The smallest absolute Gasteiger partial charge is 0.411 e. The van der Waals surface area contributed by atoms with E-state index in [1.807, 2.05) is 0 Å². The van der Waals surface area contributed by atoms with Gasteiger partial charge in [0.2, 0.25) is 5.91 Å². The van der Waals surface area contributed by atoms with E-state index in [1.54, 1.807) is 26.8 Å². The summed E-state index contributed by atoms with van der Waals surface area (Å²) in [5.74, 6) is -0.976. The van der Waals surface area contributed by atoms with E-state index in [4.69, 9.17) is 21.1 Å². The quantitative estimate of drug-likeness (QED) is 0.830. The van der Waals surface area contributed by atoms with Crippen LogP contribution in [-0.4, -0.2) is 47.3 Å². The molecule has 1 aromatic carbocycles. The Balaban J connectivity index is 1.66. The molecule has 3 atom stereocenters. The number of amides is 2. The molecule has 25 heavy (non-hydrogen) atoms. The normalized spacial score (nSPS) is 24.7. The number of hydrogen-bond donors (Lipinski definition) is 1. The maximum Gasteiger partial charge on any atom is 0.411 e. The SMILES string of the molecule is CC(C)(C)OC(=O)N1CC2OC2[C@H]1C(=O)NCc1cccc(Cl)c1F. The number of epoxide rings is 1. The first-order valence-corrected chi connectivity index (χ1v) is 8.41. The minimum atomic E-state index is -0.776. The van der Waals surface area contributed by atoms with Crippen molar-refractivity contribution in [2.45, 2.75) is 51.2 Å². The van der Waals surface area contributed by atoms with Gasteiger partial charge < -0.3 is 14.8 Å². The van der Waals surface area contributed by atoms with Crippen molar-refractivity contribution in [3.63, 3.8) is 0 Å². The van der Waals surface area contributed by atoms with Gasteiger partial charge in [-0.2, -0.15) is 0 Å². The highest BCUT2D eigenvalue weighted by Crippen LogP contribution is 2.37. The second-order valence-electron chi connectivity index (χ2n) is 7.15. The fraction of sp³-hybridized carbons (Fsp3) is 0.529. The van der Waals surface area contributed by atoms with Crippen LogP contribution in [-0.2, 0) is 20.8 Å². The van der Waals surface area contributed by atoms with Crippen LogP contribution in [0.2, 0.25) is 5.02 Å². The highest BCUT2D eigenvalue weighted by Gasteiger charge is 2.59. The fourth-order valence-corrected chi connectivity index (χ4v) is 3.03. The number of rotatable bonds is 3. The second-order valence-corrected chi connectivity index (χ2v) is 7.55. The van der Waals surface area contributed by atoms with Crippen LogP contribution in [0, 0.1) is 5.82 Å². The molecular formula is C17H20ClFN2O4. The zero-order valence-corrected chi connectivity index (χ0v) is 15.0. The molecule has 1 N–H and O–H groups in total. The number of carbonyl (C=O) groups excluding carboxylic acids is 2. The average molecular weight is 371 g/mol. The summed E-state index contributed by atoms with van der Waals surface area (Å²) in [6.45, 7) is 5.56. The van der Waals surface area contributed by atoms with Crippen molar-refractivity contribution in [1.29, 1.82) is 0 Å². The van der Waals surface area contributed by atoms with E-state index in [-0.39, 0.29) is 29.3 Å². The maximum absolute atomic E-state index is 13.9. The van der Waals surface area contributed by atoms with Crippen LogP contribution in [0.1, 0.15) is 26.3 Å². The van der Waals surface area contributed by atoms with Crippen molar-refractivity contribution in [1.82, 2.24) is 10.2 Å². The van der Waals surface area contributed by atoms with E-state index in [9.17, 15) is 14.0 Å². The molecule has 0 saturated carbocycles. The third-order valence-corrected chi connectivity index (χ3v) is 4.32. The van der Waals surface area contributed by atoms with Crippen LogP contribution in [0.3, 0.4) is 0 Å². The molecule has 2 aliphatic rings. The summed E-state index contributed by atoms with van der Waals surface area (Å²) in [6, 6.07) is 3.81. The molecule has 0 aliphatic carbocycles. The number of nitrogens with one attached hydrogen (secondary N) is 1. The van der Waals surface area contributed by atoms with Crippen LogP contribution in [0.25, 0.3) is 0 Å². The van der Waals surface area contributed by atoms with Crippen LogP contribution in [0.15, 0.2) is 18.2 Å². The first-order valence-electron chi connectivity index (χ1n) is 8.03. The van der Waals surface area contributed by atoms with Crippen molar-refractivity contribution < 1.29 is 23.5 Å². The molecule has 8 heteroatoms. The van der Waals surface area contributed by atoms with Crippen LogP contribution >= 0.6 is 11.6 Å². The lowest BCUT2D eigenvalue weighted by Gasteiger charge is -2.29. The number of morpholine rings is 1. The number of nitrogens with zero attached hydrogens (tertiary/aromatic N) is 1. The fourth-order valence-electron chi connectivity index (χ4n) is 2.84. The topological polar surface area (TPSA) is 71.2 Å². The largest absolute Gasteiger partial charge is 0.444 e. The average Bonchev–Trinajstić information content (AvgIpc) is 3.17. The van der Waals surface area contributed by atoms with Crippen molar-refractivity contribution >= 4 is 23.6 Å². The molecule has 1 aromatic rings. The van der Waals surface area contributed by atoms with Gasteiger partial charge in [-0.25, -0.2) is 9.18 Å². The summed E-state index contributed by atoms with van der Waals surface area (Å²) in [4.78, 5) is 26.2. The summed E-state index contributed by atoms with van der Waals surface area (Å²) in [5.41, 5.74) is -0.383. The molecule has 3 rings (SSSR count). The van der Waals surface area contributed by atoms with E-state index in [1.165, 1.54) is 17.0 Å². The Morgan fingerprint density at radius 1 is 1.44 bits per heavy atom. The number of benzene rings is 1. The Hall–Kier alpha value is -1.86. The number of hydrogen-bond acceptors (Lipinski definition) is 4. The summed E-state index contributed by atoms with van der Waals surface area (Å²) >= 11 is 5.74. The zero-order valence-electron chi connectivity index (χ0n) is 14.2. The van der Waals surface area contributed by atoms with E-state index < -0.39 is 29.5 Å². The number of carbonyl (C=O) groups is 2. The number of ether oxygens (including phenoxy) is 2. The Bertz CT molecular complexity index is 706. The lowest BCUT2D eigenvalue weighted by Crippen LogP contribution is -2.50. The van der Waals surface area contributed by atoms with Gasteiger partial charge in [0.1, 0.15) is 29.7 Å². The molecule has 2 unspecified atom stereocenters. The van der Waals surface area contributed by atoms with Crippen molar-refractivity contribution in [2.24, 2.45) is 0 Å². The van der Waals surface area contributed by atoms with Gasteiger partial charge in [0, 0.05) is 12.1 Å². The van der Waals surface area contributed by atoms with Gasteiger partial charge in [0.05, 0.1) is 11.6 Å². The van der Waals surface area contributed by atoms with Crippen molar-refractivity contribution in [3.05, 3.63) is 34.6 Å². The Morgan fingerprint density at radius 3 is 2.84 bits per heavy atom. The standard InChI is InChI=1S/C17H20ClFN2O4/c1-17(2,3)25-16(23)21-8-11-14(24-11)13(21)15(22)20-7-9-5-4-6-10(18)12(9)19/h4-6,11,13-14H,7-8H2,1-3H3,(H,20,22)/t11?,13-,14?/m0/s1. The monoisotopic (exact) mass is 370 g/mol. The predicted molar refractivity (Wildman–Crippen MR) is 88.6 cm³/mol. The Morgan fingerprint density at radius 2 is 2.16 bits per heavy atom. The van der Waals surface area contributed by atoms with Gasteiger partial charge >= 0.3 is 6.09 Å². The Kier molecular flexibility index (Phi) is 4.64. The predicted octanol–water partition coefficient (Wildman–Crippen LogP) is 2.48. The van der Waals surface area contributed by atoms with Crippen molar-refractivity contribution in [3.8, 4) is 0 Å². The molecule has 2 heterocycles. The van der Waals surface area contributed by atoms with E-state index >= 15 is 0 Å². The van der Waals surface area contributed by atoms with E-state index in [0.717, 1.165) is 0 Å². The molecule has 2 saturated heterocycles. The Labute approximate surface area is 150 Å². The molecule has 0 bridgehead atoms. The molecule has 6 nitrogen and oxygen atoms in total. The van der Waals surface area contributed by atoms with Crippen LogP contribution < -0.4 is 5.32 Å². The summed E-state index contributed by atoms with van der Waals surface area (Å²) < 4.78 is 24.6. The number of likely N-dealkylation sites (tertiary alicyclic amines) is 1. The summed E-state index contributed by atoms with van der Waals surface area (Å²) in [7, 11) is 0. The van der Waals surface area contributed by atoms with Crippen molar-refractivity contribution in [2.75, 3.05) is 6.54 Å². The van der Waals surface area contributed by atoms with E-state index in [0.29, 0.717) is 6.54 Å². The molecule has 2 fully saturated rings. The summed E-state index contributed by atoms with van der Waals surface area (Å²) in [6.07, 6.45) is -1.04. The molecule has 136 valence electrons. The first kappa shape index (κ1) is 17.9. The second kappa shape index (κ2) is 6.46. The molecular weight excluding hydrogens is 351 g/mol. The molecule has 0 spiro atoms. The van der Waals surface area contributed by atoms with Gasteiger partial charge in [-0.1, -0.05) is 23.7 Å². The minimum absolute atomic E-state index is 0.00594. The lowest BCUT2D eigenvalue weighted by atomic mass is 10.1. The lowest BCUT2D eigenvalue weighted by molar-refractivity contribution is -0.127. The third kappa shape index (κ3) is 3.88. The highest BCUT2D eigenvalue weighted by atomic mass is 35.5. The molecule has 0 radical (unpaired) electrons. The van der Waals surface area contributed by atoms with Gasteiger partial charge in [0.25, 0.3) is 0 Å². The number of halogens is 2.